The van der Waals surface area contributed by atoms with Crippen molar-refractivity contribution in [2.24, 2.45) is 0 Å². The van der Waals surface area contributed by atoms with Crippen LogP contribution >= 0.6 is 7.82 Å². The van der Waals surface area contributed by atoms with E-state index in [1.54, 1.807) is 0 Å². The summed E-state index contributed by atoms with van der Waals surface area (Å²) in [4.78, 5) is 39.1. The van der Waals surface area contributed by atoms with E-state index in [1.165, 1.54) is 10.9 Å². The van der Waals surface area contributed by atoms with E-state index in [0.29, 0.717) is 0 Å². The molecule has 0 aliphatic carbocycles. The number of H-pyrrole nitrogens is 1. The molecular weight excluding hydrogens is 372 g/mol. The molecule has 25 heavy (non-hydrogen) atoms. The molecule has 4 atom stereocenters. The molecule has 0 amide bonds. The van der Waals surface area contributed by atoms with Gasteiger partial charge in [0.25, 0.3) is 5.56 Å². The van der Waals surface area contributed by atoms with Crippen LogP contribution in [0.5, 0.6) is 0 Å². The minimum absolute atomic E-state index is 0. The third-order valence-electron chi connectivity index (χ3n) is 3.47. The zero-order valence-corrected chi connectivity index (χ0v) is 15.8. The van der Waals surface area contributed by atoms with Crippen LogP contribution in [0.25, 0.3) is 11.2 Å². The Bertz CT molecular complexity index is 867. The molecule has 1 aliphatic heterocycles. The average Bonchev–Trinajstić information content (AvgIpc) is 3.00. The van der Waals surface area contributed by atoms with Crippen LogP contribution in [0.15, 0.2) is 11.1 Å². The zero-order chi connectivity index (χ0) is 17.6. The zero-order valence-electron chi connectivity index (χ0n) is 12.9. The Labute approximate surface area is 161 Å². The molecule has 2 aromatic rings. The number of fused-ring (bicyclic) bond motifs is 1. The number of ether oxygens (including phenoxy) is 1. The second-order valence-electron chi connectivity index (χ2n) is 5.11. The van der Waals surface area contributed by atoms with Crippen molar-refractivity contribution in [1.82, 2.24) is 19.5 Å². The number of hydrogen-bond acceptors (Lipinski definition) is 9. The number of anilines is 1. The van der Waals surface area contributed by atoms with Crippen LogP contribution in [0.2, 0.25) is 0 Å². The van der Waals surface area contributed by atoms with E-state index in [1.807, 2.05) is 0 Å². The van der Waals surface area contributed by atoms with Crippen LogP contribution in [-0.2, 0) is 13.8 Å². The fourth-order valence-electron chi connectivity index (χ4n) is 2.40. The smallest absolute Gasteiger partial charge is 0.387 e. The fraction of sp³-hybridized carbons (Fsp3) is 0.500. The van der Waals surface area contributed by atoms with Crippen LogP contribution in [0, 0.1) is 0 Å². The molecule has 132 valence electrons. The molecule has 1 fully saturated rings. The van der Waals surface area contributed by atoms with Gasteiger partial charge >= 0.3 is 37.4 Å². The summed E-state index contributed by atoms with van der Waals surface area (Å²) in [5, 5.41) is 20.1. The first-order chi connectivity index (χ1) is 11.2. The van der Waals surface area contributed by atoms with Crippen molar-refractivity contribution in [3.05, 3.63) is 16.7 Å². The molecule has 0 aromatic carbocycles. The normalized spacial score (nSPS) is 26.7. The monoisotopic (exact) mass is 386 g/mol. The quantitative estimate of drug-likeness (QED) is 0.216. The molecule has 1 saturated heterocycles. The Kier molecular flexibility index (Phi) is 6.06. The number of aromatic amines is 1. The Morgan fingerprint density at radius 1 is 1.40 bits per heavy atom. The van der Waals surface area contributed by atoms with Crippen molar-refractivity contribution in [2.45, 2.75) is 24.5 Å². The standard InChI is InChI=1S/C10H14N5O8P.Na/c11-10-13-7-4(8(18)14-10)12-2-15(7)9-6(17)5(16)3(23-9)1-22-24(19,20)21;/h2-3,5-6,9,16-17H,1H2,(H2,19,20,21)(H3,11,13,14,18);/q;+1. The van der Waals surface area contributed by atoms with Gasteiger partial charge in [0.15, 0.2) is 17.4 Å². The van der Waals surface area contributed by atoms with Crippen LogP contribution < -0.4 is 40.9 Å². The molecule has 3 rings (SSSR count). The number of rotatable bonds is 4. The van der Waals surface area contributed by atoms with Gasteiger partial charge < -0.3 is 30.5 Å². The first-order valence-electron chi connectivity index (χ1n) is 6.61. The molecule has 13 nitrogen and oxygen atoms in total. The average molecular weight is 386 g/mol. The Morgan fingerprint density at radius 3 is 2.72 bits per heavy atom. The number of aromatic nitrogens is 4. The topological polar surface area (TPSA) is 206 Å². The van der Waals surface area contributed by atoms with Crippen molar-refractivity contribution >= 4 is 24.9 Å². The summed E-state index contributed by atoms with van der Waals surface area (Å²) in [5.41, 5.74) is 4.84. The molecule has 2 aromatic heterocycles. The predicted molar refractivity (Wildman–Crippen MR) is 76.5 cm³/mol. The number of phosphoric ester groups is 1. The number of aliphatic hydroxyl groups is 2. The summed E-state index contributed by atoms with van der Waals surface area (Å²) in [6, 6.07) is 0. The maximum atomic E-state index is 11.7. The van der Waals surface area contributed by atoms with Crippen molar-refractivity contribution in [2.75, 3.05) is 12.3 Å². The molecule has 4 unspecified atom stereocenters. The molecule has 15 heteroatoms. The fourth-order valence-corrected chi connectivity index (χ4v) is 2.74. The third kappa shape index (κ3) is 4.11. The summed E-state index contributed by atoms with van der Waals surface area (Å²) < 4.78 is 21.6. The molecule has 7 N–H and O–H groups in total. The van der Waals surface area contributed by atoms with E-state index in [4.69, 9.17) is 20.3 Å². The first-order valence-corrected chi connectivity index (χ1v) is 8.14. The molecule has 0 saturated carbocycles. The number of imidazole rings is 1. The van der Waals surface area contributed by atoms with Gasteiger partial charge in [-0.3, -0.25) is 18.9 Å². The minimum atomic E-state index is -4.76. The van der Waals surface area contributed by atoms with Crippen LogP contribution in [0.4, 0.5) is 5.95 Å². The number of nitrogens with zero attached hydrogens (tertiary/aromatic N) is 3. The van der Waals surface area contributed by atoms with Gasteiger partial charge in [0, 0.05) is 0 Å². The van der Waals surface area contributed by atoms with Crippen LogP contribution in [-0.4, -0.2) is 64.4 Å². The van der Waals surface area contributed by atoms with Gasteiger partial charge in [-0.25, -0.2) is 9.55 Å². The number of hydrogen-bond donors (Lipinski definition) is 6. The van der Waals surface area contributed by atoms with Gasteiger partial charge in [-0.15, -0.1) is 0 Å². The van der Waals surface area contributed by atoms with Crippen molar-refractivity contribution in [3.8, 4) is 0 Å². The Balaban J connectivity index is 0.00000225. The number of nitrogens with one attached hydrogen (secondary N) is 1. The summed E-state index contributed by atoms with van der Waals surface area (Å²) in [6.45, 7) is -0.651. The number of aliphatic hydroxyl groups excluding tert-OH is 2. The second-order valence-corrected chi connectivity index (χ2v) is 6.35. The predicted octanol–water partition coefficient (Wildman–Crippen LogP) is -5.57. The first kappa shape index (κ1) is 20.5. The largest absolute Gasteiger partial charge is 1.00 e. The van der Waals surface area contributed by atoms with E-state index in [2.05, 4.69) is 19.5 Å². The Morgan fingerprint density at radius 2 is 2.08 bits per heavy atom. The van der Waals surface area contributed by atoms with Crippen LogP contribution in [0.1, 0.15) is 6.23 Å². The molecule has 0 spiro atoms. The molecule has 3 heterocycles. The van der Waals surface area contributed by atoms with Gasteiger partial charge in [0.05, 0.1) is 12.9 Å². The van der Waals surface area contributed by atoms with E-state index in [9.17, 15) is 19.6 Å². The number of nitrogen functional groups attached to an aromatic ring is 1. The third-order valence-corrected chi connectivity index (χ3v) is 3.95. The minimum Gasteiger partial charge on any atom is -0.387 e. The van der Waals surface area contributed by atoms with Crippen molar-refractivity contribution in [3.63, 3.8) is 0 Å². The van der Waals surface area contributed by atoms with E-state index in [0.717, 1.165) is 0 Å². The maximum Gasteiger partial charge on any atom is 1.00 e. The summed E-state index contributed by atoms with van der Waals surface area (Å²) in [6.07, 6.45) is -4.22. The van der Waals surface area contributed by atoms with E-state index >= 15 is 0 Å². The SMILES string of the molecule is Nc1nc2c(ncn2C2OC(COP(=O)(O)O)C(O)C2O)c(=O)[nH]1.[Na+]. The number of nitrogens with two attached hydrogens (primary N) is 1. The second kappa shape index (κ2) is 7.40. The van der Waals surface area contributed by atoms with Crippen molar-refractivity contribution in [1.29, 1.82) is 0 Å². The van der Waals surface area contributed by atoms with Gasteiger partial charge in [0.2, 0.25) is 5.95 Å². The Hall–Kier alpha value is -0.860. The summed E-state index contributed by atoms with van der Waals surface area (Å²) in [5.74, 6) is -0.177. The van der Waals surface area contributed by atoms with Crippen LogP contribution in [0.3, 0.4) is 0 Å². The number of phosphoric acid groups is 1. The van der Waals surface area contributed by atoms with Gasteiger partial charge in [-0.2, -0.15) is 4.98 Å². The molecule has 0 radical (unpaired) electrons. The summed E-state index contributed by atoms with van der Waals surface area (Å²) in [7, 11) is -4.76. The van der Waals surface area contributed by atoms with Crippen molar-refractivity contribution < 1.29 is 63.4 Å². The van der Waals surface area contributed by atoms with Gasteiger partial charge in [-0.1, -0.05) is 0 Å². The molecule has 1 aliphatic rings. The van der Waals surface area contributed by atoms with Gasteiger partial charge in [-0.05, 0) is 0 Å². The van der Waals surface area contributed by atoms with E-state index in [-0.39, 0.29) is 46.7 Å². The molecular formula is C10H14N5NaO8P+. The molecule has 0 bridgehead atoms. The van der Waals surface area contributed by atoms with Gasteiger partial charge in [0.1, 0.15) is 18.3 Å². The van der Waals surface area contributed by atoms with E-state index < -0.39 is 44.5 Å². The maximum absolute atomic E-state index is 11.7. The summed E-state index contributed by atoms with van der Waals surface area (Å²) >= 11 is 0.